The summed E-state index contributed by atoms with van der Waals surface area (Å²) in [7, 11) is 0. The molecule has 0 spiro atoms. The van der Waals surface area contributed by atoms with Crippen LogP contribution in [0.3, 0.4) is 0 Å². The molecule has 0 fully saturated rings. The molecule has 0 aliphatic carbocycles. The van der Waals surface area contributed by atoms with Gasteiger partial charge in [0.25, 0.3) is 0 Å². The fourth-order valence-electron chi connectivity index (χ4n) is 2.07. The zero-order valence-electron chi connectivity index (χ0n) is 10.8. The highest BCUT2D eigenvalue weighted by atomic mass is 79.9. The van der Waals surface area contributed by atoms with Crippen LogP contribution in [0.5, 0.6) is 0 Å². The number of halogens is 2. The van der Waals surface area contributed by atoms with Gasteiger partial charge in [-0.2, -0.15) is 0 Å². The lowest BCUT2D eigenvalue weighted by atomic mass is 10.0. The molecule has 100 valence electrons. The Labute approximate surface area is 120 Å². The first kappa shape index (κ1) is 14.2. The highest BCUT2D eigenvalue weighted by Gasteiger charge is 2.13. The normalized spacial score (nSPS) is 12.5. The predicted octanol–water partition coefficient (Wildman–Crippen LogP) is 3.88. The van der Waals surface area contributed by atoms with E-state index in [2.05, 4.69) is 20.9 Å². The first-order valence-corrected chi connectivity index (χ1v) is 6.82. The van der Waals surface area contributed by atoms with Gasteiger partial charge in [-0.1, -0.05) is 22.0 Å². The number of hydrogen-bond donors (Lipinski definition) is 1. The smallest absolute Gasteiger partial charge is 0.127 e. The molecule has 0 aliphatic heterocycles. The fourth-order valence-corrected chi connectivity index (χ4v) is 2.41. The van der Waals surface area contributed by atoms with Crippen LogP contribution in [0.25, 0.3) is 0 Å². The Morgan fingerprint density at radius 3 is 2.42 bits per heavy atom. The average molecular weight is 324 g/mol. The van der Waals surface area contributed by atoms with Gasteiger partial charge in [-0.3, -0.25) is 4.98 Å². The van der Waals surface area contributed by atoms with Gasteiger partial charge in [-0.15, -0.1) is 0 Å². The number of aliphatic hydroxyl groups is 1. The minimum atomic E-state index is -0.726. The van der Waals surface area contributed by atoms with Crippen molar-refractivity contribution in [3.05, 3.63) is 63.1 Å². The zero-order chi connectivity index (χ0) is 14.0. The third-order valence-electron chi connectivity index (χ3n) is 2.92. The summed E-state index contributed by atoms with van der Waals surface area (Å²) in [5, 5.41) is 10.2. The second-order valence-corrected chi connectivity index (χ2v) is 5.55. The number of aliphatic hydroxyl groups excluding tert-OH is 1. The molecule has 1 aromatic carbocycles. The second kappa shape index (κ2) is 5.80. The standard InChI is InChI=1S/C15H15BrFNO/c1-9-5-12(6-10(2)18-9)15(19)7-11-3-4-13(16)8-14(11)17/h3-6,8,15,19H,7H2,1-2H3. The van der Waals surface area contributed by atoms with E-state index in [0.29, 0.717) is 10.0 Å². The molecular weight excluding hydrogens is 309 g/mol. The maximum absolute atomic E-state index is 13.7. The van der Waals surface area contributed by atoms with E-state index in [9.17, 15) is 9.50 Å². The van der Waals surface area contributed by atoms with E-state index in [0.717, 1.165) is 17.0 Å². The summed E-state index contributed by atoms with van der Waals surface area (Å²) in [5.41, 5.74) is 2.98. The van der Waals surface area contributed by atoms with Crippen LogP contribution in [0.1, 0.15) is 28.6 Å². The molecule has 1 heterocycles. The van der Waals surface area contributed by atoms with Gasteiger partial charge in [-0.25, -0.2) is 4.39 Å². The molecule has 1 unspecified atom stereocenters. The number of aromatic nitrogens is 1. The fraction of sp³-hybridized carbons (Fsp3) is 0.267. The summed E-state index contributed by atoms with van der Waals surface area (Å²) in [4.78, 5) is 4.26. The molecule has 0 saturated carbocycles. The van der Waals surface area contributed by atoms with Gasteiger partial charge >= 0.3 is 0 Å². The number of benzene rings is 1. The molecule has 0 aliphatic rings. The summed E-state index contributed by atoms with van der Waals surface area (Å²) >= 11 is 3.22. The first-order valence-electron chi connectivity index (χ1n) is 6.03. The molecule has 1 N–H and O–H groups in total. The van der Waals surface area contributed by atoms with Gasteiger partial charge in [0.2, 0.25) is 0 Å². The largest absolute Gasteiger partial charge is 0.388 e. The van der Waals surface area contributed by atoms with Gasteiger partial charge in [0.05, 0.1) is 6.10 Å². The van der Waals surface area contributed by atoms with Gasteiger partial charge in [0.1, 0.15) is 5.82 Å². The maximum atomic E-state index is 13.7. The van der Waals surface area contributed by atoms with Crippen molar-refractivity contribution in [2.24, 2.45) is 0 Å². The topological polar surface area (TPSA) is 33.1 Å². The van der Waals surface area contributed by atoms with Crippen molar-refractivity contribution in [3.8, 4) is 0 Å². The molecule has 0 amide bonds. The third kappa shape index (κ3) is 3.61. The van der Waals surface area contributed by atoms with Crippen LogP contribution in [0.2, 0.25) is 0 Å². The lowest BCUT2D eigenvalue weighted by Crippen LogP contribution is -2.05. The highest BCUT2D eigenvalue weighted by Crippen LogP contribution is 2.23. The molecule has 4 heteroatoms. The summed E-state index contributed by atoms with van der Waals surface area (Å²) in [6.45, 7) is 3.76. The van der Waals surface area contributed by atoms with E-state index in [4.69, 9.17) is 0 Å². The van der Waals surface area contributed by atoms with Crippen LogP contribution in [0.4, 0.5) is 4.39 Å². The summed E-state index contributed by atoms with van der Waals surface area (Å²) in [6.07, 6.45) is -0.474. The maximum Gasteiger partial charge on any atom is 0.127 e. The zero-order valence-corrected chi connectivity index (χ0v) is 12.4. The first-order chi connectivity index (χ1) is 8.95. The lowest BCUT2D eigenvalue weighted by Gasteiger charge is -2.13. The minimum absolute atomic E-state index is 0.252. The molecule has 1 aromatic heterocycles. The van der Waals surface area contributed by atoms with Crippen LogP contribution in [0.15, 0.2) is 34.8 Å². The van der Waals surface area contributed by atoms with Crippen molar-refractivity contribution in [1.82, 2.24) is 4.98 Å². The van der Waals surface area contributed by atoms with Crippen molar-refractivity contribution >= 4 is 15.9 Å². The number of hydrogen-bond acceptors (Lipinski definition) is 2. The molecule has 2 aromatic rings. The number of pyridine rings is 1. The van der Waals surface area contributed by atoms with Gasteiger partial charge in [-0.05, 0) is 49.2 Å². The van der Waals surface area contributed by atoms with E-state index in [1.807, 2.05) is 26.0 Å². The van der Waals surface area contributed by atoms with E-state index >= 15 is 0 Å². The SMILES string of the molecule is Cc1cc(C(O)Cc2ccc(Br)cc2F)cc(C)n1. The molecule has 0 saturated heterocycles. The van der Waals surface area contributed by atoms with Gasteiger partial charge in [0, 0.05) is 22.3 Å². The number of rotatable bonds is 3. The number of nitrogens with zero attached hydrogens (tertiary/aromatic N) is 1. The molecule has 0 radical (unpaired) electrons. The Bertz CT molecular complexity index is 580. The van der Waals surface area contributed by atoms with Gasteiger partial charge in [0.15, 0.2) is 0 Å². The summed E-state index contributed by atoms with van der Waals surface area (Å²) in [5.74, 6) is -0.309. The molecule has 2 rings (SSSR count). The minimum Gasteiger partial charge on any atom is -0.388 e. The molecule has 2 nitrogen and oxygen atoms in total. The van der Waals surface area contributed by atoms with Crippen molar-refractivity contribution in [2.45, 2.75) is 26.4 Å². The second-order valence-electron chi connectivity index (χ2n) is 4.64. The van der Waals surface area contributed by atoms with Crippen LogP contribution in [-0.2, 0) is 6.42 Å². The average Bonchev–Trinajstić information content (AvgIpc) is 2.31. The van der Waals surface area contributed by atoms with E-state index in [-0.39, 0.29) is 12.2 Å². The monoisotopic (exact) mass is 323 g/mol. The van der Waals surface area contributed by atoms with Crippen molar-refractivity contribution < 1.29 is 9.50 Å². The Morgan fingerprint density at radius 2 is 1.84 bits per heavy atom. The molecule has 0 bridgehead atoms. The highest BCUT2D eigenvalue weighted by molar-refractivity contribution is 9.10. The van der Waals surface area contributed by atoms with Gasteiger partial charge < -0.3 is 5.11 Å². The molecule has 19 heavy (non-hydrogen) atoms. The summed E-state index contributed by atoms with van der Waals surface area (Å²) < 4.78 is 14.4. The quantitative estimate of drug-likeness (QED) is 0.929. The van der Waals surface area contributed by atoms with Crippen LogP contribution < -0.4 is 0 Å². The Kier molecular flexibility index (Phi) is 4.32. The lowest BCUT2D eigenvalue weighted by molar-refractivity contribution is 0.177. The third-order valence-corrected chi connectivity index (χ3v) is 3.41. The Morgan fingerprint density at radius 1 is 1.21 bits per heavy atom. The van der Waals surface area contributed by atoms with Crippen molar-refractivity contribution in [2.75, 3.05) is 0 Å². The molecular formula is C15H15BrFNO. The van der Waals surface area contributed by atoms with Crippen LogP contribution in [-0.4, -0.2) is 10.1 Å². The predicted molar refractivity (Wildman–Crippen MR) is 76.5 cm³/mol. The Balaban J connectivity index is 2.22. The summed E-state index contributed by atoms with van der Waals surface area (Å²) in [6, 6.07) is 8.52. The molecule has 1 atom stereocenters. The van der Waals surface area contributed by atoms with E-state index in [1.165, 1.54) is 6.07 Å². The van der Waals surface area contributed by atoms with E-state index < -0.39 is 6.10 Å². The Hall–Kier alpha value is -1.26. The van der Waals surface area contributed by atoms with Crippen LogP contribution >= 0.6 is 15.9 Å². The van der Waals surface area contributed by atoms with Crippen molar-refractivity contribution in [3.63, 3.8) is 0 Å². The van der Waals surface area contributed by atoms with Crippen molar-refractivity contribution in [1.29, 1.82) is 0 Å². The van der Waals surface area contributed by atoms with Crippen LogP contribution in [0, 0.1) is 19.7 Å². The number of aryl methyl sites for hydroxylation is 2. The van der Waals surface area contributed by atoms with E-state index in [1.54, 1.807) is 12.1 Å².